The molecule has 1 atom stereocenters. The van der Waals surface area contributed by atoms with Gasteiger partial charge in [-0.05, 0) is 48.5 Å². The molecule has 0 saturated heterocycles. The first-order valence-corrected chi connectivity index (χ1v) is 10.5. The number of rotatable bonds is 9. The zero-order chi connectivity index (χ0) is 22.2. The summed E-state index contributed by atoms with van der Waals surface area (Å²) < 4.78 is 10.9. The predicted octanol–water partition coefficient (Wildman–Crippen LogP) is 4.63. The normalized spacial score (nSPS) is 11.7. The van der Waals surface area contributed by atoms with E-state index in [0.29, 0.717) is 6.54 Å². The van der Waals surface area contributed by atoms with Gasteiger partial charge in [0.25, 0.3) is 0 Å². The average Bonchev–Trinajstić information content (AvgIpc) is 2.87. The van der Waals surface area contributed by atoms with Crippen LogP contribution in [0.1, 0.15) is 23.1 Å². The van der Waals surface area contributed by atoms with E-state index >= 15 is 0 Å². The lowest BCUT2D eigenvalue weighted by Gasteiger charge is -2.18. The van der Waals surface area contributed by atoms with Crippen LogP contribution in [0.4, 0.5) is 0 Å². The van der Waals surface area contributed by atoms with Crippen LogP contribution >= 0.6 is 0 Å². The topological polar surface area (TPSA) is 69.2 Å². The van der Waals surface area contributed by atoms with Crippen LogP contribution in [-0.2, 0) is 13.0 Å². The van der Waals surface area contributed by atoms with Crippen molar-refractivity contribution in [3.05, 3.63) is 102 Å². The monoisotopic (exact) mass is 426 g/mol. The molecule has 6 nitrogen and oxygen atoms in total. The third-order valence-corrected chi connectivity index (χ3v) is 5.26. The molecule has 1 aromatic carbocycles. The second kappa shape index (κ2) is 10.5. The Bertz CT molecular complexity index is 1120. The third-order valence-electron chi connectivity index (χ3n) is 5.26. The van der Waals surface area contributed by atoms with Crippen LogP contribution in [0, 0.1) is 0 Å². The van der Waals surface area contributed by atoms with Crippen molar-refractivity contribution in [1.29, 1.82) is 0 Å². The largest absolute Gasteiger partial charge is 0.497 e. The summed E-state index contributed by atoms with van der Waals surface area (Å²) in [5, 5.41) is 3.59. The van der Waals surface area contributed by atoms with E-state index in [1.807, 2.05) is 79.3 Å². The first kappa shape index (κ1) is 21.5. The van der Waals surface area contributed by atoms with Crippen molar-refractivity contribution in [2.75, 3.05) is 14.2 Å². The number of benzene rings is 1. The first-order chi connectivity index (χ1) is 15.8. The molecule has 1 N–H and O–H groups in total. The van der Waals surface area contributed by atoms with Crippen LogP contribution < -0.4 is 14.8 Å². The van der Waals surface area contributed by atoms with Gasteiger partial charge >= 0.3 is 0 Å². The molecular formula is C26H26N4O2. The maximum Gasteiger partial charge on any atom is 0.127 e. The van der Waals surface area contributed by atoms with E-state index in [9.17, 15) is 0 Å². The van der Waals surface area contributed by atoms with Gasteiger partial charge in [-0.25, -0.2) is 0 Å². The molecule has 0 fully saturated rings. The molecule has 3 heterocycles. The zero-order valence-electron chi connectivity index (χ0n) is 18.2. The van der Waals surface area contributed by atoms with Gasteiger partial charge in [-0.3, -0.25) is 15.0 Å². The number of hydrogen-bond acceptors (Lipinski definition) is 6. The number of aromatic nitrogens is 3. The smallest absolute Gasteiger partial charge is 0.127 e. The van der Waals surface area contributed by atoms with Gasteiger partial charge in [0.1, 0.15) is 11.5 Å². The summed E-state index contributed by atoms with van der Waals surface area (Å²) in [6, 6.07) is 21.8. The van der Waals surface area contributed by atoms with Gasteiger partial charge in [-0.1, -0.05) is 18.2 Å². The molecule has 0 bridgehead atoms. The average molecular weight is 427 g/mol. The van der Waals surface area contributed by atoms with Crippen LogP contribution in [0.5, 0.6) is 11.5 Å². The number of pyridine rings is 3. The molecule has 3 aromatic heterocycles. The van der Waals surface area contributed by atoms with Crippen molar-refractivity contribution in [3.8, 4) is 22.6 Å². The number of hydrogen-bond donors (Lipinski definition) is 1. The maximum absolute atomic E-state index is 5.51. The Morgan fingerprint density at radius 1 is 0.812 bits per heavy atom. The summed E-state index contributed by atoms with van der Waals surface area (Å²) >= 11 is 0. The molecule has 32 heavy (non-hydrogen) atoms. The standard InChI is InChI=1S/C26H26N4O2/c1-31-22-11-12-26(32-2)23(16-22)19-9-10-21(29-17-19)18-30-25(24-8-4-6-14-28-24)15-20-7-3-5-13-27-20/h3-14,16-17,25,30H,15,18H2,1-2H3. The van der Waals surface area contributed by atoms with Gasteiger partial charge in [0.15, 0.2) is 0 Å². The SMILES string of the molecule is COc1ccc(OC)c(-c2ccc(CNC(Cc3ccccn3)c3ccccn3)nc2)c1. The van der Waals surface area contributed by atoms with Crippen LogP contribution in [0.2, 0.25) is 0 Å². The van der Waals surface area contributed by atoms with E-state index in [4.69, 9.17) is 9.47 Å². The highest BCUT2D eigenvalue weighted by atomic mass is 16.5. The second-order valence-electron chi connectivity index (χ2n) is 7.32. The van der Waals surface area contributed by atoms with Crippen molar-refractivity contribution in [2.24, 2.45) is 0 Å². The maximum atomic E-state index is 5.51. The van der Waals surface area contributed by atoms with Gasteiger partial charge in [-0.2, -0.15) is 0 Å². The van der Waals surface area contributed by atoms with Gasteiger partial charge < -0.3 is 14.8 Å². The number of ether oxygens (including phenoxy) is 2. The molecule has 0 aliphatic rings. The van der Waals surface area contributed by atoms with Crippen LogP contribution in [0.15, 0.2) is 85.3 Å². The van der Waals surface area contributed by atoms with Crippen molar-refractivity contribution in [3.63, 3.8) is 0 Å². The summed E-state index contributed by atoms with van der Waals surface area (Å²) in [6.07, 6.45) is 6.24. The lowest BCUT2D eigenvalue weighted by Crippen LogP contribution is -2.24. The lowest BCUT2D eigenvalue weighted by molar-refractivity contribution is 0.404. The van der Waals surface area contributed by atoms with Crippen molar-refractivity contribution < 1.29 is 9.47 Å². The third kappa shape index (κ3) is 5.28. The highest BCUT2D eigenvalue weighted by Crippen LogP contribution is 2.33. The predicted molar refractivity (Wildman–Crippen MR) is 125 cm³/mol. The van der Waals surface area contributed by atoms with E-state index in [-0.39, 0.29) is 6.04 Å². The molecule has 1 unspecified atom stereocenters. The van der Waals surface area contributed by atoms with Crippen molar-refractivity contribution in [2.45, 2.75) is 19.0 Å². The van der Waals surface area contributed by atoms with E-state index in [2.05, 4.69) is 26.3 Å². The summed E-state index contributed by atoms with van der Waals surface area (Å²) in [4.78, 5) is 13.7. The second-order valence-corrected chi connectivity index (χ2v) is 7.32. The fraction of sp³-hybridized carbons (Fsp3) is 0.192. The Hall–Kier alpha value is -3.77. The fourth-order valence-corrected chi connectivity index (χ4v) is 3.55. The molecular weight excluding hydrogens is 400 g/mol. The van der Waals surface area contributed by atoms with Gasteiger partial charge in [0.05, 0.1) is 31.6 Å². The molecule has 6 heteroatoms. The molecule has 0 saturated carbocycles. The molecule has 4 rings (SSSR count). The molecule has 0 aliphatic carbocycles. The lowest BCUT2D eigenvalue weighted by atomic mass is 10.0. The number of nitrogens with one attached hydrogen (secondary N) is 1. The minimum atomic E-state index is 0.0334. The van der Waals surface area contributed by atoms with E-state index in [0.717, 1.165) is 46.1 Å². The highest BCUT2D eigenvalue weighted by molar-refractivity contribution is 5.71. The zero-order valence-corrected chi connectivity index (χ0v) is 18.2. The Morgan fingerprint density at radius 3 is 2.31 bits per heavy atom. The summed E-state index contributed by atoms with van der Waals surface area (Å²) in [6.45, 7) is 0.615. The summed E-state index contributed by atoms with van der Waals surface area (Å²) in [5.41, 5.74) is 4.86. The Balaban J connectivity index is 1.50. The molecule has 0 amide bonds. The van der Waals surface area contributed by atoms with Crippen LogP contribution in [0.3, 0.4) is 0 Å². The molecule has 0 spiro atoms. The number of methoxy groups -OCH3 is 2. The highest BCUT2D eigenvalue weighted by Gasteiger charge is 2.14. The minimum absolute atomic E-state index is 0.0334. The van der Waals surface area contributed by atoms with Gasteiger partial charge in [0, 0.05) is 48.4 Å². The molecule has 0 radical (unpaired) electrons. The fourth-order valence-electron chi connectivity index (χ4n) is 3.55. The Kier molecular flexibility index (Phi) is 7.05. The van der Waals surface area contributed by atoms with Crippen molar-refractivity contribution in [1.82, 2.24) is 20.3 Å². The van der Waals surface area contributed by atoms with Crippen molar-refractivity contribution >= 4 is 0 Å². The van der Waals surface area contributed by atoms with Crippen LogP contribution in [0.25, 0.3) is 11.1 Å². The summed E-state index contributed by atoms with van der Waals surface area (Å²) in [7, 11) is 3.32. The molecule has 162 valence electrons. The Labute approximate surface area is 188 Å². The quantitative estimate of drug-likeness (QED) is 0.421. The summed E-state index contributed by atoms with van der Waals surface area (Å²) in [5.74, 6) is 1.56. The van der Waals surface area contributed by atoms with E-state index in [1.54, 1.807) is 14.2 Å². The minimum Gasteiger partial charge on any atom is -0.497 e. The first-order valence-electron chi connectivity index (χ1n) is 10.5. The van der Waals surface area contributed by atoms with Gasteiger partial charge in [0.2, 0.25) is 0 Å². The van der Waals surface area contributed by atoms with E-state index < -0.39 is 0 Å². The van der Waals surface area contributed by atoms with Gasteiger partial charge in [-0.15, -0.1) is 0 Å². The Morgan fingerprint density at radius 2 is 1.66 bits per heavy atom. The number of nitrogens with zero attached hydrogens (tertiary/aromatic N) is 3. The molecule has 0 aliphatic heterocycles. The van der Waals surface area contributed by atoms with E-state index in [1.165, 1.54) is 0 Å². The molecule has 4 aromatic rings. The van der Waals surface area contributed by atoms with Crippen LogP contribution in [-0.4, -0.2) is 29.2 Å².